The zero-order valence-electron chi connectivity index (χ0n) is 8.32. The quantitative estimate of drug-likeness (QED) is 0.621. The minimum Gasteiger partial charge on any atom is -0.288 e. The molecule has 0 amide bonds. The molecule has 0 fully saturated rings. The zero-order valence-corrected chi connectivity index (χ0v) is 11.4. The zero-order chi connectivity index (χ0) is 12.4. The Kier molecular flexibility index (Phi) is 3.76. The highest BCUT2D eigenvalue weighted by Gasteiger charge is 2.18. The molecule has 0 aliphatic heterocycles. The molecule has 2 aromatic rings. The highest BCUT2D eigenvalue weighted by Crippen LogP contribution is 2.23. The van der Waals surface area contributed by atoms with Crippen LogP contribution in [0.3, 0.4) is 0 Å². The van der Waals surface area contributed by atoms with Gasteiger partial charge in [-0.15, -0.1) is 0 Å². The minimum atomic E-state index is -0.298. The summed E-state index contributed by atoms with van der Waals surface area (Å²) in [6, 6.07) is 6.87. The van der Waals surface area contributed by atoms with Crippen molar-refractivity contribution in [2.75, 3.05) is 0 Å². The van der Waals surface area contributed by atoms with Crippen LogP contribution in [0.1, 0.15) is 15.9 Å². The average Bonchev–Trinajstić information content (AvgIpc) is 2.29. The lowest BCUT2D eigenvalue weighted by Crippen LogP contribution is -2.05. The molecule has 0 aliphatic rings. The standard InChI is InChI=1S/C11H5BrCl2N2O/c12-7-3-1-6(2-4-7)9(17)8-10(13)15-5-16-11(8)14/h1-5H. The van der Waals surface area contributed by atoms with Gasteiger partial charge in [0, 0.05) is 10.0 Å². The van der Waals surface area contributed by atoms with Crippen molar-refractivity contribution >= 4 is 44.9 Å². The van der Waals surface area contributed by atoms with Crippen LogP contribution in [-0.2, 0) is 0 Å². The second-order valence-corrected chi connectivity index (χ2v) is 4.80. The fourth-order valence-electron chi connectivity index (χ4n) is 1.28. The molecule has 0 bridgehead atoms. The number of halogens is 3. The monoisotopic (exact) mass is 330 g/mol. The number of aromatic nitrogens is 2. The maximum Gasteiger partial charge on any atom is 0.199 e. The van der Waals surface area contributed by atoms with Crippen molar-refractivity contribution in [1.29, 1.82) is 0 Å². The van der Waals surface area contributed by atoms with Gasteiger partial charge in [0.25, 0.3) is 0 Å². The molecular formula is C11H5BrCl2N2O. The molecule has 0 aliphatic carbocycles. The maximum absolute atomic E-state index is 12.1. The van der Waals surface area contributed by atoms with E-state index in [0.29, 0.717) is 5.56 Å². The number of benzene rings is 1. The van der Waals surface area contributed by atoms with Crippen molar-refractivity contribution in [3.8, 4) is 0 Å². The topological polar surface area (TPSA) is 42.9 Å². The van der Waals surface area contributed by atoms with Gasteiger partial charge in [0.05, 0.1) is 5.56 Å². The third-order valence-electron chi connectivity index (χ3n) is 2.09. The SMILES string of the molecule is O=C(c1ccc(Br)cc1)c1c(Cl)ncnc1Cl. The molecule has 3 nitrogen and oxygen atoms in total. The van der Waals surface area contributed by atoms with E-state index in [-0.39, 0.29) is 21.7 Å². The third-order valence-corrected chi connectivity index (χ3v) is 3.19. The van der Waals surface area contributed by atoms with E-state index in [1.807, 2.05) is 0 Å². The van der Waals surface area contributed by atoms with Crippen LogP contribution in [0.15, 0.2) is 35.1 Å². The predicted molar refractivity (Wildman–Crippen MR) is 69.6 cm³/mol. The molecule has 6 heteroatoms. The normalized spacial score (nSPS) is 10.3. The summed E-state index contributed by atoms with van der Waals surface area (Å²) in [5.74, 6) is -0.298. The van der Waals surface area contributed by atoms with Crippen molar-refractivity contribution in [3.63, 3.8) is 0 Å². The van der Waals surface area contributed by atoms with Gasteiger partial charge < -0.3 is 0 Å². The third kappa shape index (κ3) is 2.65. The van der Waals surface area contributed by atoms with E-state index in [0.717, 1.165) is 4.47 Å². The molecule has 86 valence electrons. The van der Waals surface area contributed by atoms with Crippen molar-refractivity contribution in [3.05, 3.63) is 56.5 Å². The Balaban J connectivity index is 2.47. The van der Waals surface area contributed by atoms with Gasteiger partial charge in [-0.05, 0) is 24.3 Å². The number of nitrogens with zero attached hydrogens (tertiary/aromatic N) is 2. The van der Waals surface area contributed by atoms with Crippen LogP contribution in [0.5, 0.6) is 0 Å². The summed E-state index contributed by atoms with van der Waals surface area (Å²) in [4.78, 5) is 19.6. The first-order valence-electron chi connectivity index (χ1n) is 4.56. The van der Waals surface area contributed by atoms with Crippen LogP contribution in [0.4, 0.5) is 0 Å². The van der Waals surface area contributed by atoms with Crippen molar-refractivity contribution in [1.82, 2.24) is 9.97 Å². The summed E-state index contributed by atoms with van der Waals surface area (Å²) in [6.45, 7) is 0. The van der Waals surface area contributed by atoms with Crippen molar-refractivity contribution in [2.24, 2.45) is 0 Å². The fraction of sp³-hybridized carbons (Fsp3) is 0. The van der Waals surface area contributed by atoms with Gasteiger partial charge in [-0.25, -0.2) is 9.97 Å². The number of rotatable bonds is 2. The van der Waals surface area contributed by atoms with Crippen molar-refractivity contribution in [2.45, 2.75) is 0 Å². The Bertz CT molecular complexity index is 552. The van der Waals surface area contributed by atoms with E-state index >= 15 is 0 Å². The number of carbonyl (C=O) groups excluding carboxylic acids is 1. The van der Waals surface area contributed by atoms with Crippen LogP contribution >= 0.6 is 39.1 Å². The van der Waals surface area contributed by atoms with Gasteiger partial charge >= 0.3 is 0 Å². The maximum atomic E-state index is 12.1. The van der Waals surface area contributed by atoms with Gasteiger partial charge in [-0.3, -0.25) is 4.79 Å². The van der Waals surface area contributed by atoms with Gasteiger partial charge in [-0.1, -0.05) is 39.1 Å². The second-order valence-electron chi connectivity index (χ2n) is 3.17. The Morgan fingerprint density at radius 3 is 2.12 bits per heavy atom. The molecule has 0 saturated carbocycles. The van der Waals surface area contributed by atoms with E-state index in [1.165, 1.54) is 6.33 Å². The van der Waals surface area contributed by atoms with E-state index in [1.54, 1.807) is 24.3 Å². The van der Waals surface area contributed by atoms with Crippen LogP contribution in [-0.4, -0.2) is 15.8 Å². The fourth-order valence-corrected chi connectivity index (χ4v) is 2.03. The van der Waals surface area contributed by atoms with Gasteiger partial charge in [-0.2, -0.15) is 0 Å². The molecule has 0 atom stereocenters. The molecule has 1 heterocycles. The number of hydrogen-bond acceptors (Lipinski definition) is 3. The first-order valence-corrected chi connectivity index (χ1v) is 6.10. The van der Waals surface area contributed by atoms with E-state index in [4.69, 9.17) is 23.2 Å². The summed E-state index contributed by atoms with van der Waals surface area (Å²) in [5, 5.41) is 0.107. The van der Waals surface area contributed by atoms with Gasteiger partial charge in [0.15, 0.2) is 5.78 Å². The number of carbonyl (C=O) groups is 1. The molecule has 0 N–H and O–H groups in total. The Morgan fingerprint density at radius 1 is 1.06 bits per heavy atom. The average molecular weight is 332 g/mol. The van der Waals surface area contributed by atoms with Gasteiger partial charge in [0.1, 0.15) is 16.6 Å². The van der Waals surface area contributed by atoms with E-state index < -0.39 is 0 Å². The number of ketones is 1. The molecule has 1 aromatic heterocycles. The summed E-state index contributed by atoms with van der Waals surface area (Å²) >= 11 is 15.0. The first kappa shape index (κ1) is 12.5. The van der Waals surface area contributed by atoms with Gasteiger partial charge in [0.2, 0.25) is 0 Å². The van der Waals surface area contributed by atoms with Crippen LogP contribution < -0.4 is 0 Å². The van der Waals surface area contributed by atoms with Crippen molar-refractivity contribution < 1.29 is 4.79 Å². The summed E-state index contributed by atoms with van der Waals surface area (Å²) in [7, 11) is 0. The highest BCUT2D eigenvalue weighted by molar-refractivity contribution is 9.10. The highest BCUT2D eigenvalue weighted by atomic mass is 79.9. The lowest BCUT2D eigenvalue weighted by molar-refractivity contribution is 0.103. The summed E-state index contributed by atoms with van der Waals surface area (Å²) in [6.07, 6.45) is 1.21. The lowest BCUT2D eigenvalue weighted by Gasteiger charge is -2.04. The second kappa shape index (κ2) is 5.12. The van der Waals surface area contributed by atoms with E-state index in [9.17, 15) is 4.79 Å². The molecule has 0 saturated heterocycles. The molecule has 0 unspecified atom stereocenters. The van der Waals surface area contributed by atoms with Crippen LogP contribution in [0.25, 0.3) is 0 Å². The molecular weight excluding hydrogens is 327 g/mol. The Hall–Kier alpha value is -0.970. The molecule has 1 aromatic carbocycles. The lowest BCUT2D eigenvalue weighted by atomic mass is 10.1. The Labute approximate surface area is 116 Å². The number of hydrogen-bond donors (Lipinski definition) is 0. The Morgan fingerprint density at radius 2 is 1.59 bits per heavy atom. The van der Waals surface area contributed by atoms with Crippen LogP contribution in [0, 0.1) is 0 Å². The largest absolute Gasteiger partial charge is 0.288 e. The molecule has 0 radical (unpaired) electrons. The smallest absolute Gasteiger partial charge is 0.199 e. The summed E-state index contributed by atoms with van der Waals surface area (Å²) < 4.78 is 0.885. The van der Waals surface area contributed by atoms with E-state index in [2.05, 4.69) is 25.9 Å². The predicted octanol–water partition coefficient (Wildman–Crippen LogP) is 3.78. The molecule has 17 heavy (non-hydrogen) atoms. The molecule has 0 spiro atoms. The minimum absolute atomic E-state index is 0.0536. The first-order chi connectivity index (χ1) is 8.09. The summed E-state index contributed by atoms with van der Waals surface area (Å²) in [5.41, 5.74) is 0.602. The molecule has 2 rings (SSSR count). The van der Waals surface area contributed by atoms with Crippen LogP contribution in [0.2, 0.25) is 10.3 Å².